The van der Waals surface area contributed by atoms with Gasteiger partial charge in [0.15, 0.2) is 0 Å². The molecule has 2 aliphatic heterocycles. The average molecular weight is 485 g/mol. The largest absolute Gasteiger partial charge is 0.118 e. The smallest absolute Gasteiger partial charge is 0.114 e. The van der Waals surface area contributed by atoms with Crippen molar-refractivity contribution >= 4 is 31.6 Å². The minimum absolute atomic E-state index is 0.487. The van der Waals surface area contributed by atoms with Crippen LogP contribution in [0.2, 0.25) is 13.1 Å². The molecule has 2 atom stereocenters. The van der Waals surface area contributed by atoms with E-state index in [4.69, 9.17) is 0 Å². The highest BCUT2D eigenvalue weighted by atomic mass is 32.2. The lowest BCUT2D eigenvalue weighted by Gasteiger charge is -2.34. The molecule has 4 aliphatic carbocycles. The second-order valence-electron chi connectivity index (χ2n) is 10.7. The molecule has 6 aliphatic rings. The minimum atomic E-state index is -1.92. The van der Waals surface area contributed by atoms with Gasteiger partial charge < -0.3 is 0 Å². The van der Waals surface area contributed by atoms with Gasteiger partial charge in [-0.1, -0.05) is 48.5 Å². The summed E-state index contributed by atoms with van der Waals surface area (Å²) >= 11 is 4.07. The molecule has 0 aromatic carbocycles. The molecule has 0 bridgehead atoms. The van der Waals surface area contributed by atoms with E-state index in [9.17, 15) is 0 Å². The zero-order chi connectivity index (χ0) is 23.4. The van der Waals surface area contributed by atoms with E-state index in [1.54, 1.807) is 10.4 Å². The van der Waals surface area contributed by atoms with Crippen LogP contribution in [0.3, 0.4) is 0 Å². The summed E-state index contributed by atoms with van der Waals surface area (Å²) in [6, 6.07) is 0. The van der Waals surface area contributed by atoms with Crippen LogP contribution in [0.5, 0.6) is 0 Å². The topological polar surface area (TPSA) is 0 Å². The van der Waals surface area contributed by atoms with E-state index >= 15 is 0 Å². The predicted octanol–water partition coefficient (Wildman–Crippen LogP) is 8.84. The van der Waals surface area contributed by atoms with Crippen LogP contribution in [0.25, 0.3) is 0 Å². The number of allylic oxidation sites excluding steroid dienone is 16. The molecule has 6 rings (SSSR count). The zero-order valence-corrected chi connectivity index (χ0v) is 23.6. The molecule has 0 N–H and O–H groups in total. The van der Waals surface area contributed by atoms with Crippen LogP contribution >= 0.6 is 23.5 Å². The summed E-state index contributed by atoms with van der Waals surface area (Å²) in [5, 5.41) is 4.28. The first-order chi connectivity index (χ1) is 15.6. The van der Waals surface area contributed by atoms with Gasteiger partial charge in [0.1, 0.15) is 8.07 Å². The van der Waals surface area contributed by atoms with Crippen molar-refractivity contribution < 1.29 is 0 Å². The van der Waals surface area contributed by atoms with E-state index < -0.39 is 8.07 Å². The van der Waals surface area contributed by atoms with Gasteiger partial charge in [-0.2, -0.15) is 0 Å². The van der Waals surface area contributed by atoms with Crippen molar-refractivity contribution in [2.24, 2.45) is 0 Å². The third-order valence-electron chi connectivity index (χ3n) is 8.34. The van der Waals surface area contributed by atoms with Gasteiger partial charge in [0.25, 0.3) is 0 Å². The van der Waals surface area contributed by atoms with Gasteiger partial charge in [-0.25, -0.2) is 0 Å². The lowest BCUT2D eigenvalue weighted by molar-refractivity contribution is 1.19. The van der Waals surface area contributed by atoms with Gasteiger partial charge in [-0.3, -0.25) is 0 Å². The molecule has 0 saturated heterocycles. The normalized spacial score (nSPS) is 28.4. The summed E-state index contributed by atoms with van der Waals surface area (Å²) in [5.74, 6) is 0. The fourth-order valence-corrected chi connectivity index (χ4v) is 13.3. The molecule has 3 heteroatoms. The van der Waals surface area contributed by atoms with Gasteiger partial charge in [0, 0.05) is 0 Å². The maximum absolute atomic E-state index is 2.59. The van der Waals surface area contributed by atoms with E-state index in [1.165, 1.54) is 65.5 Å². The third-order valence-corrected chi connectivity index (χ3v) is 14.8. The van der Waals surface area contributed by atoms with Crippen molar-refractivity contribution in [1.29, 1.82) is 0 Å². The lowest BCUT2D eigenvalue weighted by atomic mass is 9.92. The third kappa shape index (κ3) is 2.98. The van der Waals surface area contributed by atoms with E-state index in [-0.39, 0.29) is 0 Å². The van der Waals surface area contributed by atoms with Crippen LogP contribution in [-0.4, -0.2) is 18.6 Å². The molecular weight excluding hydrogens is 453 g/mol. The molecule has 0 aromatic rings. The summed E-state index contributed by atoms with van der Waals surface area (Å²) in [6.07, 6.45) is 15.1. The van der Waals surface area contributed by atoms with Gasteiger partial charge >= 0.3 is 0 Å². The van der Waals surface area contributed by atoms with E-state index in [0.29, 0.717) is 10.5 Å². The number of hydrogen-bond donors (Lipinski definition) is 0. The van der Waals surface area contributed by atoms with Crippen LogP contribution in [0.15, 0.2) is 112 Å². The maximum atomic E-state index is 2.59. The number of fused-ring (bicyclic) bond motifs is 4. The molecule has 0 aromatic heterocycles. The first kappa shape index (κ1) is 21.8. The second-order valence-corrected chi connectivity index (χ2v) is 17.7. The highest BCUT2D eigenvalue weighted by Gasteiger charge is 2.44. The predicted molar refractivity (Wildman–Crippen MR) is 151 cm³/mol. The van der Waals surface area contributed by atoms with Crippen molar-refractivity contribution in [3.8, 4) is 0 Å². The fraction of sp³-hybridized carbons (Fsp3) is 0.333. The first-order valence-electron chi connectivity index (χ1n) is 12.0. The van der Waals surface area contributed by atoms with Crippen molar-refractivity contribution in [1.82, 2.24) is 0 Å². The molecule has 0 spiro atoms. The van der Waals surface area contributed by atoms with Gasteiger partial charge in [0.2, 0.25) is 0 Å². The molecule has 168 valence electrons. The van der Waals surface area contributed by atoms with Crippen LogP contribution in [0.4, 0.5) is 0 Å². The summed E-state index contributed by atoms with van der Waals surface area (Å²) in [6.45, 7) is 19.0. The molecule has 0 amide bonds. The van der Waals surface area contributed by atoms with Crippen LogP contribution in [0.1, 0.15) is 41.5 Å². The molecular formula is C30H32S2Si. The Hall–Kier alpha value is -1.68. The van der Waals surface area contributed by atoms with Crippen LogP contribution < -0.4 is 0 Å². The summed E-state index contributed by atoms with van der Waals surface area (Å²) in [7, 11) is -1.92. The fourth-order valence-electron chi connectivity index (χ4n) is 6.65. The number of thioether (sulfide) groups is 2. The Bertz CT molecular complexity index is 1270. The van der Waals surface area contributed by atoms with E-state index in [0.717, 1.165) is 0 Å². The van der Waals surface area contributed by atoms with Crippen LogP contribution in [-0.2, 0) is 0 Å². The highest BCUT2D eigenvalue weighted by molar-refractivity contribution is 8.04. The van der Waals surface area contributed by atoms with Gasteiger partial charge in [-0.15, -0.1) is 23.5 Å². The Balaban J connectivity index is 1.40. The molecule has 0 saturated carbocycles. The average Bonchev–Trinajstić information content (AvgIpc) is 3.41. The summed E-state index contributed by atoms with van der Waals surface area (Å²) < 4.78 is 0. The Morgan fingerprint density at radius 2 is 1.00 bits per heavy atom. The van der Waals surface area contributed by atoms with Crippen molar-refractivity contribution in [2.45, 2.75) is 65.1 Å². The summed E-state index contributed by atoms with van der Waals surface area (Å²) in [4.78, 5) is 2.96. The standard InChI is InChI=1S/C30H32S2Si/c1-15-9-21-11-23-17(3)19(5)31-27(23)13-25(21)29(15)33(7,8)30-16(2)10-22-12-24-18(4)20(6)32-28(24)14-26(22)30/h9-14,27-28H,1-8H3. The zero-order valence-electron chi connectivity index (χ0n) is 20.9. The SMILES string of the molecule is CC1=C([Si](C)(C)C2=C(C)C=C3C=C4C(C)=C(C)SC4C=C32)C2=CC3SC(C)=C(C)C3=CC2=C1. The van der Waals surface area contributed by atoms with Crippen molar-refractivity contribution in [3.63, 3.8) is 0 Å². The molecule has 2 unspecified atom stereocenters. The molecule has 0 nitrogen and oxygen atoms in total. The Morgan fingerprint density at radius 1 is 0.606 bits per heavy atom. The quantitative estimate of drug-likeness (QED) is 0.359. The lowest BCUT2D eigenvalue weighted by Crippen LogP contribution is -2.35. The van der Waals surface area contributed by atoms with Crippen molar-refractivity contribution in [2.75, 3.05) is 0 Å². The second kappa shape index (κ2) is 7.16. The molecule has 33 heavy (non-hydrogen) atoms. The monoisotopic (exact) mass is 484 g/mol. The highest BCUT2D eigenvalue weighted by Crippen LogP contribution is 2.54. The minimum Gasteiger partial charge on any atom is -0.118 e. The van der Waals surface area contributed by atoms with Gasteiger partial charge in [0.05, 0.1) is 10.5 Å². The maximum Gasteiger partial charge on any atom is 0.114 e. The van der Waals surface area contributed by atoms with E-state index in [2.05, 4.69) is 91.1 Å². The van der Waals surface area contributed by atoms with E-state index in [1.807, 2.05) is 23.5 Å². The molecule has 0 radical (unpaired) electrons. The number of rotatable bonds is 2. The molecule has 0 fully saturated rings. The Morgan fingerprint density at radius 3 is 1.39 bits per heavy atom. The Labute approximate surface area is 208 Å². The van der Waals surface area contributed by atoms with Crippen LogP contribution in [0, 0.1) is 0 Å². The Kier molecular flexibility index (Phi) is 4.74. The summed E-state index contributed by atoms with van der Waals surface area (Å²) in [5.41, 5.74) is 14.9. The number of hydrogen-bond acceptors (Lipinski definition) is 2. The van der Waals surface area contributed by atoms with Gasteiger partial charge in [-0.05, 0) is 118 Å². The van der Waals surface area contributed by atoms with Crippen molar-refractivity contribution in [3.05, 3.63) is 112 Å². The molecule has 2 heterocycles. The first-order valence-corrected chi connectivity index (χ1v) is 16.8.